The summed E-state index contributed by atoms with van der Waals surface area (Å²) in [6.07, 6.45) is 6.31. The first-order chi connectivity index (χ1) is 15.2. The lowest BCUT2D eigenvalue weighted by molar-refractivity contribution is 0.0963. The van der Waals surface area contributed by atoms with E-state index in [0.29, 0.717) is 12.1 Å². The topological polar surface area (TPSA) is 81.9 Å². The van der Waals surface area contributed by atoms with Crippen LogP contribution in [0.15, 0.2) is 52.1 Å². The van der Waals surface area contributed by atoms with Gasteiger partial charge in [0.15, 0.2) is 5.96 Å². The zero-order chi connectivity index (χ0) is 21.9. The molecule has 1 aliphatic rings. The minimum atomic E-state index is -0.0635. The highest BCUT2D eigenvalue weighted by Gasteiger charge is 2.24. The van der Waals surface area contributed by atoms with E-state index in [1.165, 1.54) is 19.3 Å². The van der Waals surface area contributed by atoms with Crippen molar-refractivity contribution in [2.45, 2.75) is 38.6 Å². The first-order valence-electron chi connectivity index (χ1n) is 11.3. The van der Waals surface area contributed by atoms with E-state index in [1.807, 2.05) is 30.3 Å². The number of guanidine groups is 1. The Bertz CT molecular complexity index is 828. The van der Waals surface area contributed by atoms with Crippen LogP contribution < -0.4 is 16.0 Å². The SMILES string of the molecule is CCNC(=NCC(c1ccco1)N1CCCCC1)NCCc1cccc(C(=O)NC)c1. The number of aliphatic imine (C=N–C) groups is 1. The van der Waals surface area contributed by atoms with Gasteiger partial charge in [-0.1, -0.05) is 18.6 Å². The van der Waals surface area contributed by atoms with Crippen LogP contribution in [-0.4, -0.2) is 56.5 Å². The van der Waals surface area contributed by atoms with Gasteiger partial charge >= 0.3 is 0 Å². The molecule has 1 unspecified atom stereocenters. The average molecular weight is 426 g/mol. The summed E-state index contributed by atoms with van der Waals surface area (Å²) in [5.41, 5.74) is 1.80. The molecule has 1 saturated heterocycles. The molecular formula is C24H35N5O2. The van der Waals surface area contributed by atoms with Crippen molar-refractivity contribution < 1.29 is 9.21 Å². The van der Waals surface area contributed by atoms with Crippen LogP contribution in [0.1, 0.15) is 53.9 Å². The van der Waals surface area contributed by atoms with Crippen LogP contribution in [0.4, 0.5) is 0 Å². The lowest BCUT2D eigenvalue weighted by atomic mass is 10.1. The number of nitrogens with zero attached hydrogens (tertiary/aromatic N) is 2. The lowest BCUT2D eigenvalue weighted by Crippen LogP contribution is -2.40. The van der Waals surface area contributed by atoms with E-state index in [1.54, 1.807) is 13.3 Å². The van der Waals surface area contributed by atoms with Gasteiger partial charge in [0.25, 0.3) is 5.91 Å². The minimum Gasteiger partial charge on any atom is -0.468 e. The zero-order valence-corrected chi connectivity index (χ0v) is 18.7. The van der Waals surface area contributed by atoms with E-state index < -0.39 is 0 Å². The number of rotatable bonds is 9. The molecule has 3 N–H and O–H groups in total. The van der Waals surface area contributed by atoms with Gasteiger partial charge < -0.3 is 20.4 Å². The fourth-order valence-electron chi connectivity index (χ4n) is 3.95. The Morgan fingerprint density at radius 1 is 1.16 bits per heavy atom. The van der Waals surface area contributed by atoms with E-state index in [-0.39, 0.29) is 11.9 Å². The molecule has 0 bridgehead atoms. The molecule has 0 saturated carbocycles. The number of piperidine rings is 1. The summed E-state index contributed by atoms with van der Waals surface area (Å²) in [5.74, 6) is 1.72. The lowest BCUT2D eigenvalue weighted by Gasteiger charge is -2.32. The highest BCUT2D eigenvalue weighted by molar-refractivity contribution is 5.94. The predicted molar refractivity (Wildman–Crippen MR) is 124 cm³/mol. The van der Waals surface area contributed by atoms with Crippen molar-refractivity contribution in [1.82, 2.24) is 20.9 Å². The van der Waals surface area contributed by atoms with Crippen LogP contribution in [0.2, 0.25) is 0 Å². The summed E-state index contributed by atoms with van der Waals surface area (Å²) in [6, 6.07) is 11.9. The van der Waals surface area contributed by atoms with Crippen molar-refractivity contribution in [3.63, 3.8) is 0 Å². The van der Waals surface area contributed by atoms with Gasteiger partial charge in [0.05, 0.1) is 18.8 Å². The Labute approximate surface area is 185 Å². The summed E-state index contributed by atoms with van der Waals surface area (Å²) in [7, 11) is 1.65. The third-order valence-corrected chi connectivity index (χ3v) is 5.59. The van der Waals surface area contributed by atoms with Gasteiger partial charge in [0, 0.05) is 25.7 Å². The van der Waals surface area contributed by atoms with E-state index in [4.69, 9.17) is 9.41 Å². The second kappa shape index (κ2) is 12.2. The summed E-state index contributed by atoms with van der Waals surface area (Å²) >= 11 is 0. The van der Waals surface area contributed by atoms with Gasteiger partial charge in [-0.05, 0) is 69.1 Å². The molecular weight excluding hydrogens is 390 g/mol. The van der Waals surface area contributed by atoms with Crippen molar-refractivity contribution in [1.29, 1.82) is 0 Å². The smallest absolute Gasteiger partial charge is 0.251 e. The average Bonchev–Trinajstić information content (AvgIpc) is 3.34. The molecule has 3 rings (SSSR count). The molecule has 1 fully saturated rings. The fraction of sp³-hybridized carbons (Fsp3) is 0.500. The van der Waals surface area contributed by atoms with Crippen molar-refractivity contribution in [3.05, 3.63) is 59.5 Å². The maximum Gasteiger partial charge on any atom is 0.251 e. The van der Waals surface area contributed by atoms with Crippen LogP contribution in [0, 0.1) is 0 Å². The highest BCUT2D eigenvalue weighted by atomic mass is 16.3. The van der Waals surface area contributed by atoms with E-state index in [0.717, 1.165) is 49.9 Å². The fourth-order valence-corrected chi connectivity index (χ4v) is 3.95. The highest BCUT2D eigenvalue weighted by Crippen LogP contribution is 2.25. The first kappa shape index (κ1) is 22.9. The number of carbonyl (C=O) groups excluding carboxylic acids is 1. The summed E-state index contributed by atoms with van der Waals surface area (Å²) in [4.78, 5) is 19.2. The number of hydrogen-bond donors (Lipinski definition) is 3. The first-order valence-corrected chi connectivity index (χ1v) is 11.3. The predicted octanol–water partition coefficient (Wildman–Crippen LogP) is 2.96. The molecule has 7 nitrogen and oxygen atoms in total. The number of benzene rings is 1. The van der Waals surface area contributed by atoms with Crippen LogP contribution in [-0.2, 0) is 6.42 Å². The molecule has 31 heavy (non-hydrogen) atoms. The van der Waals surface area contributed by atoms with Crippen molar-refractivity contribution in [2.75, 3.05) is 39.8 Å². The van der Waals surface area contributed by atoms with E-state index in [9.17, 15) is 4.79 Å². The monoisotopic (exact) mass is 425 g/mol. The molecule has 1 aromatic heterocycles. The molecule has 2 heterocycles. The Morgan fingerprint density at radius 3 is 2.71 bits per heavy atom. The molecule has 1 aromatic carbocycles. The summed E-state index contributed by atoms with van der Waals surface area (Å²) in [5, 5.41) is 9.43. The normalized spacial score (nSPS) is 16.0. The van der Waals surface area contributed by atoms with Crippen molar-refractivity contribution >= 4 is 11.9 Å². The van der Waals surface area contributed by atoms with Crippen LogP contribution in [0.3, 0.4) is 0 Å². The molecule has 168 valence electrons. The van der Waals surface area contributed by atoms with Gasteiger partial charge in [0.2, 0.25) is 0 Å². The number of nitrogens with one attached hydrogen (secondary N) is 3. The Morgan fingerprint density at radius 2 is 2.00 bits per heavy atom. The van der Waals surface area contributed by atoms with Gasteiger partial charge in [0.1, 0.15) is 5.76 Å². The third kappa shape index (κ3) is 6.85. The molecule has 1 amide bonds. The van der Waals surface area contributed by atoms with E-state index >= 15 is 0 Å². The Kier molecular flexibility index (Phi) is 8.97. The standard InChI is InChI=1S/C24H35N5O2/c1-3-26-24(27-13-12-19-9-7-10-20(17-19)23(30)25-2)28-18-21(22-11-8-16-31-22)29-14-5-4-6-15-29/h7-11,16-17,21H,3-6,12-15,18H2,1-2H3,(H,25,30)(H2,26,27,28). The molecule has 0 aliphatic carbocycles. The molecule has 1 atom stereocenters. The van der Waals surface area contributed by atoms with Crippen LogP contribution in [0.25, 0.3) is 0 Å². The second-order valence-electron chi connectivity index (χ2n) is 7.80. The molecule has 0 spiro atoms. The zero-order valence-electron chi connectivity index (χ0n) is 18.7. The number of likely N-dealkylation sites (tertiary alicyclic amines) is 1. The number of carbonyl (C=O) groups is 1. The quantitative estimate of drug-likeness (QED) is 0.425. The second-order valence-corrected chi connectivity index (χ2v) is 7.80. The van der Waals surface area contributed by atoms with Gasteiger partial charge in [-0.25, -0.2) is 0 Å². The Hall–Kier alpha value is -2.80. The minimum absolute atomic E-state index is 0.0635. The summed E-state index contributed by atoms with van der Waals surface area (Å²) in [6.45, 7) is 6.43. The van der Waals surface area contributed by atoms with Gasteiger partial charge in [-0.2, -0.15) is 0 Å². The third-order valence-electron chi connectivity index (χ3n) is 5.59. The Balaban J connectivity index is 1.60. The van der Waals surface area contributed by atoms with Gasteiger partial charge in [-0.3, -0.25) is 14.7 Å². The van der Waals surface area contributed by atoms with Crippen molar-refractivity contribution in [3.8, 4) is 0 Å². The number of amides is 1. The number of furan rings is 1. The molecule has 2 aromatic rings. The molecule has 0 radical (unpaired) electrons. The largest absolute Gasteiger partial charge is 0.468 e. The summed E-state index contributed by atoms with van der Waals surface area (Å²) < 4.78 is 5.74. The molecule has 1 aliphatic heterocycles. The maximum atomic E-state index is 11.8. The maximum absolute atomic E-state index is 11.8. The van der Waals surface area contributed by atoms with Crippen LogP contribution >= 0.6 is 0 Å². The van der Waals surface area contributed by atoms with Gasteiger partial charge in [-0.15, -0.1) is 0 Å². The van der Waals surface area contributed by atoms with Crippen molar-refractivity contribution in [2.24, 2.45) is 4.99 Å². The molecule has 7 heteroatoms. The van der Waals surface area contributed by atoms with E-state index in [2.05, 4.69) is 33.8 Å². The number of hydrogen-bond acceptors (Lipinski definition) is 4. The van der Waals surface area contributed by atoms with Crippen LogP contribution in [0.5, 0.6) is 0 Å².